The van der Waals surface area contributed by atoms with Gasteiger partial charge < -0.3 is 4.74 Å². The molecule has 0 spiro atoms. The van der Waals surface area contributed by atoms with Crippen LogP contribution in [-0.4, -0.2) is 31.0 Å². The Morgan fingerprint density at radius 1 is 1.07 bits per heavy atom. The van der Waals surface area contributed by atoms with E-state index in [0.29, 0.717) is 15.9 Å². The highest BCUT2D eigenvalue weighted by Gasteiger charge is 2.31. The van der Waals surface area contributed by atoms with Crippen LogP contribution in [0.5, 0.6) is 5.75 Å². The molecule has 0 saturated carbocycles. The fraction of sp³-hybridized carbons (Fsp3) is 0.222. The molecule has 0 aliphatic rings. The van der Waals surface area contributed by atoms with Crippen LogP contribution in [0.3, 0.4) is 0 Å². The second-order valence-electron chi connectivity index (χ2n) is 6.01. The zero-order chi connectivity index (χ0) is 20.5. The Morgan fingerprint density at radius 2 is 1.75 bits per heavy atom. The van der Waals surface area contributed by atoms with Crippen molar-refractivity contribution in [2.45, 2.75) is 28.5 Å². The van der Waals surface area contributed by atoms with E-state index in [0.717, 1.165) is 11.8 Å². The zero-order valence-corrected chi connectivity index (χ0v) is 16.4. The van der Waals surface area contributed by atoms with Crippen LogP contribution in [0.2, 0.25) is 0 Å². The third-order valence-corrected chi connectivity index (χ3v) is 6.15. The van der Waals surface area contributed by atoms with Gasteiger partial charge in [0, 0.05) is 16.9 Å². The molecule has 0 aliphatic carbocycles. The number of fused-ring (bicyclic) bond motifs is 1. The van der Waals surface area contributed by atoms with Crippen LogP contribution in [0, 0.1) is 0 Å². The summed E-state index contributed by atoms with van der Waals surface area (Å²) in [5.74, 6) is -0.293. The summed E-state index contributed by atoms with van der Waals surface area (Å²) in [5.41, 5.74) is 1.37. The largest absolute Gasteiger partial charge is 0.573 e. The molecule has 2 aromatic carbocycles. The Bertz CT molecular complexity index is 1100. The van der Waals surface area contributed by atoms with Crippen LogP contribution in [0.1, 0.15) is 17.7 Å². The molecule has 0 saturated heterocycles. The van der Waals surface area contributed by atoms with Gasteiger partial charge in [-0.15, -0.1) is 13.2 Å². The number of alkyl halides is 3. The maximum atomic E-state index is 12.3. The van der Waals surface area contributed by atoms with E-state index in [4.69, 9.17) is 0 Å². The number of halogens is 3. The molecule has 0 bridgehead atoms. The van der Waals surface area contributed by atoms with Crippen molar-refractivity contribution in [2.24, 2.45) is 0 Å². The van der Waals surface area contributed by atoms with E-state index in [2.05, 4.69) is 14.7 Å². The van der Waals surface area contributed by atoms with Crippen LogP contribution in [0.4, 0.5) is 13.2 Å². The monoisotopic (exact) mass is 428 g/mol. The lowest BCUT2D eigenvalue weighted by Gasteiger charge is -2.14. The molecule has 28 heavy (non-hydrogen) atoms. The highest BCUT2D eigenvalue weighted by Crippen LogP contribution is 2.38. The molecule has 0 amide bonds. The Morgan fingerprint density at radius 3 is 2.36 bits per heavy atom. The van der Waals surface area contributed by atoms with E-state index in [1.54, 1.807) is 18.2 Å². The molecule has 148 valence electrons. The number of sulfone groups is 1. The van der Waals surface area contributed by atoms with Crippen LogP contribution < -0.4 is 4.74 Å². The summed E-state index contributed by atoms with van der Waals surface area (Å²) in [6.45, 7) is 1.87. The Labute approximate surface area is 163 Å². The summed E-state index contributed by atoms with van der Waals surface area (Å²) in [6, 6.07) is 10.2. The summed E-state index contributed by atoms with van der Waals surface area (Å²) in [7, 11) is -3.38. The molecule has 1 heterocycles. The minimum Gasteiger partial charge on any atom is -0.406 e. The molecule has 0 radical (unpaired) electrons. The molecule has 1 unspecified atom stereocenters. The smallest absolute Gasteiger partial charge is 0.406 e. The molecular formula is C18H15F3N2O3S2. The SMILES string of the molecule is CC(Sc1ncnc2ccc(S(C)(=O)=O)cc12)c1ccc(OC(F)(F)F)cc1. The highest BCUT2D eigenvalue weighted by molar-refractivity contribution is 7.99. The summed E-state index contributed by atoms with van der Waals surface area (Å²) >= 11 is 1.36. The molecule has 0 N–H and O–H groups in total. The molecule has 10 heteroatoms. The van der Waals surface area contributed by atoms with E-state index >= 15 is 0 Å². The van der Waals surface area contributed by atoms with Crippen molar-refractivity contribution in [3.8, 4) is 5.75 Å². The van der Waals surface area contributed by atoms with Gasteiger partial charge >= 0.3 is 6.36 Å². The lowest BCUT2D eigenvalue weighted by atomic mass is 10.1. The van der Waals surface area contributed by atoms with Crippen molar-refractivity contribution in [3.05, 3.63) is 54.4 Å². The van der Waals surface area contributed by atoms with E-state index in [1.807, 2.05) is 6.92 Å². The first-order valence-corrected chi connectivity index (χ1v) is 10.8. The standard InChI is InChI=1S/C18H15F3N2O3S2/c1-11(12-3-5-13(6-4-12)26-18(19,20)21)27-17-15-9-14(28(2,24)25)7-8-16(15)22-10-23-17/h3-11H,1-2H3. The van der Waals surface area contributed by atoms with Crippen molar-refractivity contribution < 1.29 is 26.3 Å². The predicted molar refractivity (Wildman–Crippen MR) is 100 cm³/mol. The van der Waals surface area contributed by atoms with Gasteiger partial charge in [-0.3, -0.25) is 0 Å². The third-order valence-electron chi connectivity index (χ3n) is 3.87. The van der Waals surface area contributed by atoms with Gasteiger partial charge in [0.05, 0.1) is 10.4 Å². The first-order valence-electron chi connectivity index (χ1n) is 8.00. The minimum atomic E-state index is -4.74. The topological polar surface area (TPSA) is 69.2 Å². The second kappa shape index (κ2) is 7.59. The van der Waals surface area contributed by atoms with Gasteiger partial charge in [0.1, 0.15) is 17.1 Å². The van der Waals surface area contributed by atoms with Gasteiger partial charge in [0.15, 0.2) is 9.84 Å². The second-order valence-corrected chi connectivity index (χ2v) is 9.35. The summed E-state index contributed by atoms with van der Waals surface area (Å²) < 4.78 is 64.3. The number of nitrogens with zero attached hydrogens (tertiary/aromatic N) is 2. The first-order chi connectivity index (χ1) is 13.0. The number of hydrogen-bond donors (Lipinski definition) is 0. The summed E-state index contributed by atoms with van der Waals surface area (Å²) in [6.07, 6.45) is -2.23. The van der Waals surface area contributed by atoms with Gasteiger partial charge in [-0.1, -0.05) is 23.9 Å². The summed E-state index contributed by atoms with van der Waals surface area (Å²) in [5, 5.41) is 1.03. The molecule has 0 fully saturated rings. The molecule has 3 aromatic rings. The first kappa shape index (κ1) is 20.4. The van der Waals surface area contributed by atoms with Crippen molar-refractivity contribution in [1.29, 1.82) is 0 Å². The minimum absolute atomic E-state index is 0.153. The number of hydrogen-bond acceptors (Lipinski definition) is 6. The van der Waals surface area contributed by atoms with Crippen molar-refractivity contribution in [1.82, 2.24) is 9.97 Å². The lowest BCUT2D eigenvalue weighted by molar-refractivity contribution is -0.274. The van der Waals surface area contributed by atoms with E-state index in [-0.39, 0.29) is 15.9 Å². The Hall–Kier alpha value is -2.33. The number of aromatic nitrogens is 2. The normalized spacial score (nSPS) is 13.5. The fourth-order valence-electron chi connectivity index (χ4n) is 2.51. The molecule has 1 aromatic heterocycles. The average Bonchev–Trinajstić information content (AvgIpc) is 2.60. The van der Waals surface area contributed by atoms with E-state index in [9.17, 15) is 21.6 Å². The Kier molecular flexibility index (Phi) is 5.53. The van der Waals surface area contributed by atoms with Crippen LogP contribution in [-0.2, 0) is 9.84 Å². The molecule has 1 atom stereocenters. The van der Waals surface area contributed by atoms with E-state index < -0.39 is 16.2 Å². The van der Waals surface area contributed by atoms with Crippen molar-refractivity contribution in [3.63, 3.8) is 0 Å². The quantitative estimate of drug-likeness (QED) is 0.430. The number of rotatable bonds is 5. The molecule has 5 nitrogen and oxygen atoms in total. The predicted octanol–water partition coefficient (Wildman–Crippen LogP) is 4.79. The van der Waals surface area contributed by atoms with Crippen molar-refractivity contribution in [2.75, 3.05) is 6.26 Å². The maximum Gasteiger partial charge on any atom is 0.573 e. The molecule has 0 aliphatic heterocycles. The van der Waals surface area contributed by atoms with Crippen LogP contribution >= 0.6 is 11.8 Å². The maximum absolute atomic E-state index is 12.3. The average molecular weight is 428 g/mol. The van der Waals surface area contributed by atoms with Gasteiger partial charge in [0.25, 0.3) is 0 Å². The molecule has 3 rings (SSSR count). The molecular weight excluding hydrogens is 413 g/mol. The van der Waals surface area contributed by atoms with Crippen molar-refractivity contribution >= 4 is 32.5 Å². The summed E-state index contributed by atoms with van der Waals surface area (Å²) in [4.78, 5) is 8.56. The van der Waals surface area contributed by atoms with Gasteiger partial charge in [-0.25, -0.2) is 18.4 Å². The third kappa shape index (κ3) is 4.93. The van der Waals surface area contributed by atoms with Gasteiger partial charge in [-0.2, -0.15) is 0 Å². The number of ether oxygens (including phenoxy) is 1. The van der Waals surface area contributed by atoms with Crippen LogP contribution in [0.15, 0.2) is 58.7 Å². The highest BCUT2D eigenvalue weighted by atomic mass is 32.2. The van der Waals surface area contributed by atoms with E-state index in [1.165, 1.54) is 42.4 Å². The Balaban J connectivity index is 1.87. The fourth-order valence-corrected chi connectivity index (χ4v) is 4.19. The lowest BCUT2D eigenvalue weighted by Crippen LogP contribution is -2.17. The zero-order valence-electron chi connectivity index (χ0n) is 14.8. The van der Waals surface area contributed by atoms with Crippen LogP contribution in [0.25, 0.3) is 10.9 Å². The number of thioether (sulfide) groups is 1. The number of benzene rings is 2. The van der Waals surface area contributed by atoms with Gasteiger partial charge in [-0.05, 0) is 42.8 Å². The van der Waals surface area contributed by atoms with Gasteiger partial charge in [0.2, 0.25) is 0 Å².